The molecular weight excluding hydrogens is 348 g/mol. The molecule has 0 spiro atoms. The summed E-state index contributed by atoms with van der Waals surface area (Å²) in [6.45, 7) is 9.83. The number of nitrogens with zero attached hydrogens (tertiary/aromatic N) is 2. The van der Waals surface area contributed by atoms with Gasteiger partial charge in [0.25, 0.3) is 5.91 Å². The van der Waals surface area contributed by atoms with Crippen molar-refractivity contribution in [2.75, 3.05) is 31.1 Å². The molecule has 150 valence electrons. The van der Waals surface area contributed by atoms with Crippen LogP contribution in [-0.2, 0) is 0 Å². The summed E-state index contributed by atoms with van der Waals surface area (Å²) < 4.78 is 5.88. The Morgan fingerprint density at radius 2 is 1.71 bits per heavy atom. The largest absolute Gasteiger partial charge is 0.493 e. The van der Waals surface area contributed by atoms with Crippen molar-refractivity contribution in [3.8, 4) is 5.75 Å². The monoisotopic (exact) mass is 380 g/mol. The number of likely N-dealkylation sites (tertiary alicyclic amines) is 1. The summed E-state index contributed by atoms with van der Waals surface area (Å²) in [6, 6.07) is 18.5. The lowest BCUT2D eigenvalue weighted by Crippen LogP contribution is -2.39. The van der Waals surface area contributed by atoms with Crippen LogP contribution in [-0.4, -0.2) is 43.1 Å². The zero-order valence-electron chi connectivity index (χ0n) is 17.3. The number of piperidine rings is 1. The van der Waals surface area contributed by atoms with Crippen LogP contribution < -0.4 is 9.64 Å². The number of ether oxygens (including phenoxy) is 1. The first-order chi connectivity index (χ1) is 13.6. The molecule has 4 heteroatoms. The van der Waals surface area contributed by atoms with E-state index in [1.807, 2.05) is 47.4 Å². The molecule has 0 unspecified atom stereocenters. The summed E-state index contributed by atoms with van der Waals surface area (Å²) in [5.41, 5.74) is 1.95. The van der Waals surface area contributed by atoms with Crippen LogP contribution in [0.5, 0.6) is 5.75 Å². The van der Waals surface area contributed by atoms with Gasteiger partial charge in [-0.05, 0) is 75.9 Å². The van der Waals surface area contributed by atoms with Crippen molar-refractivity contribution in [3.63, 3.8) is 0 Å². The van der Waals surface area contributed by atoms with E-state index in [-0.39, 0.29) is 5.91 Å². The standard InChI is InChI=1S/C24H32N2O2/c1-4-26(19(2)3)22-12-10-21(11-13-22)24(27)25-16-14-20(15-17-25)18-28-23-8-6-5-7-9-23/h5-13,19-20H,4,14-18H2,1-3H3. The average molecular weight is 381 g/mol. The summed E-state index contributed by atoms with van der Waals surface area (Å²) in [5.74, 6) is 1.57. The van der Waals surface area contributed by atoms with Crippen LogP contribution >= 0.6 is 0 Å². The van der Waals surface area contributed by atoms with Gasteiger partial charge in [-0.1, -0.05) is 18.2 Å². The Hall–Kier alpha value is -2.49. The highest BCUT2D eigenvalue weighted by molar-refractivity contribution is 5.94. The number of benzene rings is 2. The second-order valence-electron chi connectivity index (χ2n) is 7.79. The molecule has 0 saturated carbocycles. The number of rotatable bonds is 7. The molecule has 0 aliphatic carbocycles. The van der Waals surface area contributed by atoms with Crippen molar-refractivity contribution >= 4 is 11.6 Å². The lowest BCUT2D eigenvalue weighted by molar-refractivity contribution is 0.0661. The third-order valence-corrected chi connectivity index (χ3v) is 5.54. The third kappa shape index (κ3) is 5.06. The minimum atomic E-state index is 0.140. The Morgan fingerprint density at radius 3 is 2.29 bits per heavy atom. The maximum Gasteiger partial charge on any atom is 0.253 e. The number of carbonyl (C=O) groups excluding carboxylic acids is 1. The molecule has 1 heterocycles. The molecule has 0 N–H and O–H groups in total. The lowest BCUT2D eigenvalue weighted by Gasteiger charge is -2.32. The molecule has 1 saturated heterocycles. The molecule has 1 amide bonds. The van der Waals surface area contributed by atoms with Gasteiger partial charge >= 0.3 is 0 Å². The first-order valence-corrected chi connectivity index (χ1v) is 10.4. The van der Waals surface area contributed by atoms with E-state index in [1.54, 1.807) is 0 Å². The molecule has 4 nitrogen and oxygen atoms in total. The van der Waals surface area contributed by atoms with E-state index in [0.717, 1.165) is 50.4 Å². The van der Waals surface area contributed by atoms with Crippen LogP contribution in [0.2, 0.25) is 0 Å². The van der Waals surface area contributed by atoms with Gasteiger partial charge in [-0.3, -0.25) is 4.79 Å². The van der Waals surface area contributed by atoms with Gasteiger partial charge in [0.2, 0.25) is 0 Å². The zero-order chi connectivity index (χ0) is 19.9. The van der Waals surface area contributed by atoms with E-state index in [1.165, 1.54) is 5.69 Å². The van der Waals surface area contributed by atoms with Crippen LogP contribution in [0.4, 0.5) is 5.69 Å². The Balaban J connectivity index is 1.50. The summed E-state index contributed by atoms with van der Waals surface area (Å²) in [7, 11) is 0. The molecule has 0 aromatic heterocycles. The molecular formula is C24H32N2O2. The van der Waals surface area contributed by atoms with E-state index >= 15 is 0 Å². The predicted octanol–water partition coefficient (Wildman–Crippen LogP) is 4.85. The Bertz CT molecular complexity index is 735. The van der Waals surface area contributed by atoms with Gasteiger partial charge in [-0.2, -0.15) is 0 Å². The minimum absolute atomic E-state index is 0.140. The van der Waals surface area contributed by atoms with E-state index in [2.05, 4.69) is 37.8 Å². The highest BCUT2D eigenvalue weighted by atomic mass is 16.5. The van der Waals surface area contributed by atoms with Crippen LogP contribution in [0.3, 0.4) is 0 Å². The highest BCUT2D eigenvalue weighted by Crippen LogP contribution is 2.22. The van der Waals surface area contributed by atoms with Crippen LogP contribution in [0.15, 0.2) is 54.6 Å². The molecule has 3 rings (SSSR count). The molecule has 1 fully saturated rings. The van der Waals surface area contributed by atoms with E-state index in [4.69, 9.17) is 4.74 Å². The van der Waals surface area contributed by atoms with Gasteiger partial charge in [0.15, 0.2) is 0 Å². The first-order valence-electron chi connectivity index (χ1n) is 10.4. The second kappa shape index (κ2) is 9.63. The molecule has 2 aromatic carbocycles. The molecule has 0 atom stereocenters. The zero-order valence-corrected chi connectivity index (χ0v) is 17.3. The average Bonchev–Trinajstić information content (AvgIpc) is 2.74. The Labute approximate surface area is 169 Å². The van der Waals surface area contributed by atoms with Gasteiger partial charge in [0.05, 0.1) is 6.61 Å². The van der Waals surface area contributed by atoms with E-state index < -0.39 is 0 Å². The summed E-state index contributed by atoms with van der Waals surface area (Å²) in [6.07, 6.45) is 1.99. The summed E-state index contributed by atoms with van der Waals surface area (Å²) >= 11 is 0. The number of carbonyl (C=O) groups is 1. The van der Waals surface area contributed by atoms with Crippen LogP contribution in [0.25, 0.3) is 0 Å². The van der Waals surface area contributed by atoms with Gasteiger partial charge in [0, 0.05) is 36.9 Å². The topological polar surface area (TPSA) is 32.8 Å². The van der Waals surface area contributed by atoms with E-state index in [0.29, 0.717) is 12.0 Å². The molecule has 1 aliphatic rings. The molecule has 2 aromatic rings. The third-order valence-electron chi connectivity index (χ3n) is 5.54. The fourth-order valence-corrected chi connectivity index (χ4v) is 3.86. The first kappa shape index (κ1) is 20.2. The smallest absolute Gasteiger partial charge is 0.253 e. The number of para-hydroxylation sites is 1. The van der Waals surface area contributed by atoms with E-state index in [9.17, 15) is 4.79 Å². The quantitative estimate of drug-likeness (QED) is 0.688. The van der Waals surface area contributed by atoms with Gasteiger partial charge in [-0.25, -0.2) is 0 Å². The number of amides is 1. The van der Waals surface area contributed by atoms with Crippen molar-refractivity contribution in [1.82, 2.24) is 4.90 Å². The van der Waals surface area contributed by atoms with Crippen molar-refractivity contribution in [2.24, 2.45) is 5.92 Å². The van der Waals surface area contributed by atoms with Crippen LogP contribution in [0, 0.1) is 5.92 Å². The predicted molar refractivity (Wildman–Crippen MR) is 115 cm³/mol. The minimum Gasteiger partial charge on any atom is -0.493 e. The lowest BCUT2D eigenvalue weighted by atomic mass is 9.97. The number of hydrogen-bond donors (Lipinski definition) is 0. The fourth-order valence-electron chi connectivity index (χ4n) is 3.86. The SMILES string of the molecule is CCN(c1ccc(C(=O)N2CCC(COc3ccccc3)CC2)cc1)C(C)C. The second-order valence-corrected chi connectivity index (χ2v) is 7.79. The maximum absolute atomic E-state index is 12.9. The van der Waals surface area contributed by atoms with Gasteiger partial charge in [0.1, 0.15) is 5.75 Å². The summed E-state index contributed by atoms with van der Waals surface area (Å²) in [5, 5.41) is 0. The van der Waals surface area contributed by atoms with Gasteiger partial charge < -0.3 is 14.5 Å². The fraction of sp³-hybridized carbons (Fsp3) is 0.458. The molecule has 0 radical (unpaired) electrons. The van der Waals surface area contributed by atoms with Crippen LogP contribution in [0.1, 0.15) is 44.0 Å². The van der Waals surface area contributed by atoms with Crippen molar-refractivity contribution in [1.29, 1.82) is 0 Å². The number of hydrogen-bond acceptors (Lipinski definition) is 3. The summed E-state index contributed by atoms with van der Waals surface area (Å²) in [4.78, 5) is 17.2. The molecule has 28 heavy (non-hydrogen) atoms. The Kier molecular flexibility index (Phi) is 6.96. The van der Waals surface area contributed by atoms with Crippen molar-refractivity contribution in [3.05, 3.63) is 60.2 Å². The van der Waals surface area contributed by atoms with Gasteiger partial charge in [-0.15, -0.1) is 0 Å². The highest BCUT2D eigenvalue weighted by Gasteiger charge is 2.24. The Morgan fingerprint density at radius 1 is 1.07 bits per heavy atom. The van der Waals surface area contributed by atoms with Crippen molar-refractivity contribution in [2.45, 2.75) is 39.7 Å². The molecule has 0 bridgehead atoms. The normalized spacial score (nSPS) is 14.9. The number of anilines is 1. The maximum atomic E-state index is 12.9. The van der Waals surface area contributed by atoms with Crippen molar-refractivity contribution < 1.29 is 9.53 Å². The molecule has 1 aliphatic heterocycles.